The minimum Gasteiger partial charge on any atom is -1.00 e. The smallest absolute Gasteiger partial charge is 0.136 e. The van der Waals surface area contributed by atoms with Crippen LogP contribution in [0.15, 0.2) is 72.8 Å². The molecule has 2 aliphatic rings. The Balaban J connectivity index is 0.000000205. The zero-order chi connectivity index (χ0) is 31.7. The number of hydrogen-bond acceptors (Lipinski definition) is 4. The Hall–Kier alpha value is -3.33. The zero-order valence-electron chi connectivity index (χ0n) is 27.3. The fourth-order valence-electron chi connectivity index (χ4n) is 6.61. The molecule has 4 aromatic rings. The van der Waals surface area contributed by atoms with Gasteiger partial charge in [-0.1, -0.05) is 60.7 Å². The van der Waals surface area contributed by atoms with Crippen molar-refractivity contribution in [3.63, 3.8) is 0 Å². The van der Waals surface area contributed by atoms with E-state index in [-0.39, 0.29) is 17.0 Å². The number of amides is 1. The number of rotatable bonds is 4. The van der Waals surface area contributed by atoms with Crippen molar-refractivity contribution in [1.82, 2.24) is 4.90 Å². The van der Waals surface area contributed by atoms with Crippen LogP contribution in [0.1, 0.15) is 49.7 Å². The second-order valence-corrected chi connectivity index (χ2v) is 13.3. The van der Waals surface area contributed by atoms with Crippen LogP contribution in [0, 0.1) is 0 Å². The predicted molar refractivity (Wildman–Crippen MR) is 177 cm³/mol. The van der Waals surface area contributed by atoms with Crippen LogP contribution >= 0.6 is 0 Å². The van der Waals surface area contributed by atoms with Gasteiger partial charge in [0.1, 0.15) is 30.7 Å². The maximum atomic E-state index is 10.2. The van der Waals surface area contributed by atoms with Gasteiger partial charge >= 0.3 is 0 Å². The molecule has 0 aliphatic carbocycles. The SMILES string of the molecule is CN(C)C(=O)[O-].C[N+]1(Cc2c(O)ccc3ccccc23)CCCCC1.C[N+]1(Cc2c(O)ccc3ccccc23)CCCCC1.[Br-]. The molecule has 1 amide bonds. The van der Waals surface area contributed by atoms with E-state index in [2.05, 4.69) is 62.6 Å². The average Bonchev–Trinajstić information content (AvgIpc) is 3.01. The summed E-state index contributed by atoms with van der Waals surface area (Å²) in [6.45, 7) is 6.77. The molecule has 2 aliphatic heterocycles. The first-order chi connectivity index (χ1) is 21.0. The highest BCUT2D eigenvalue weighted by Gasteiger charge is 2.28. The van der Waals surface area contributed by atoms with E-state index < -0.39 is 6.09 Å². The quantitative estimate of drug-likeness (QED) is 0.325. The third kappa shape index (κ3) is 9.83. The number of hydrogen-bond donors (Lipinski definition) is 2. The van der Waals surface area contributed by atoms with Crippen LogP contribution in [0.25, 0.3) is 21.5 Å². The number of likely N-dealkylation sites (tertiary alicyclic amines) is 2. The van der Waals surface area contributed by atoms with Crippen LogP contribution in [0.5, 0.6) is 11.5 Å². The number of nitrogens with zero attached hydrogens (tertiary/aromatic N) is 3. The van der Waals surface area contributed by atoms with Crippen molar-refractivity contribution < 1.29 is 46.1 Å². The average molecular weight is 681 g/mol. The number of benzene rings is 4. The lowest BCUT2D eigenvalue weighted by atomic mass is 10.0. The molecule has 7 nitrogen and oxygen atoms in total. The monoisotopic (exact) mass is 679 g/mol. The molecule has 0 saturated carbocycles. The van der Waals surface area contributed by atoms with Gasteiger partial charge in [-0.3, -0.25) is 0 Å². The standard InChI is InChI=1S/2C17H21NO.C3H7NO2.BrH/c2*1-18(11-5-2-6-12-18)13-16-15-8-4-3-7-14(15)9-10-17(16)19;1-4(2)3(5)6;/h2*3-4,7-10H,2,5-6,11-13H2,1H3;1-2H3,(H,5,6);1H. The number of piperidine rings is 2. The molecule has 0 unspecified atom stereocenters. The lowest BCUT2D eigenvalue weighted by Crippen LogP contribution is -3.00. The number of quaternary nitrogens is 2. The van der Waals surface area contributed by atoms with E-state index in [0.717, 1.165) is 38.1 Å². The Morgan fingerprint density at radius 2 is 0.978 bits per heavy atom. The number of halogens is 1. The summed E-state index contributed by atoms with van der Waals surface area (Å²) in [5.74, 6) is 0.896. The minimum absolute atomic E-state index is 0. The van der Waals surface area contributed by atoms with Crippen LogP contribution in [0.4, 0.5) is 4.79 Å². The van der Waals surface area contributed by atoms with Gasteiger partial charge in [-0.15, -0.1) is 0 Å². The van der Waals surface area contributed by atoms with Gasteiger partial charge in [0.2, 0.25) is 0 Å². The molecule has 8 heteroatoms. The summed E-state index contributed by atoms with van der Waals surface area (Å²) in [5.41, 5.74) is 2.23. The van der Waals surface area contributed by atoms with Crippen LogP contribution in [-0.2, 0) is 13.1 Å². The van der Waals surface area contributed by atoms with Crippen molar-refractivity contribution in [2.45, 2.75) is 51.6 Å². The maximum absolute atomic E-state index is 10.2. The lowest BCUT2D eigenvalue weighted by Gasteiger charge is -2.38. The first kappa shape index (κ1) is 36.1. The molecule has 0 spiro atoms. The van der Waals surface area contributed by atoms with Crippen LogP contribution in [0.2, 0.25) is 0 Å². The molecule has 244 valence electrons. The van der Waals surface area contributed by atoms with Crippen molar-refractivity contribution in [2.75, 3.05) is 54.4 Å². The van der Waals surface area contributed by atoms with Gasteiger partial charge in [0.15, 0.2) is 0 Å². The number of phenols is 2. The number of phenolic OH excluding ortho intramolecular Hbond substituents is 2. The Bertz CT molecular complexity index is 1440. The molecule has 2 fully saturated rings. The van der Waals surface area contributed by atoms with Crippen LogP contribution < -0.4 is 22.1 Å². The summed E-state index contributed by atoms with van der Waals surface area (Å²) < 4.78 is 2.11. The Morgan fingerprint density at radius 3 is 1.31 bits per heavy atom. The summed E-state index contributed by atoms with van der Waals surface area (Å²) in [5, 5.41) is 34.8. The molecular weight excluding hydrogens is 630 g/mol. The van der Waals surface area contributed by atoms with Gasteiger partial charge in [0.05, 0.1) is 51.4 Å². The van der Waals surface area contributed by atoms with E-state index >= 15 is 0 Å². The number of carboxylic acid groups (broad SMARTS) is 1. The molecule has 0 atom stereocenters. The van der Waals surface area contributed by atoms with Gasteiger partial charge in [-0.2, -0.15) is 0 Å². The molecule has 0 aromatic heterocycles. The zero-order valence-corrected chi connectivity index (χ0v) is 28.9. The van der Waals surface area contributed by atoms with E-state index in [0.29, 0.717) is 11.5 Å². The fraction of sp³-hybridized carbons (Fsp3) is 0.432. The van der Waals surface area contributed by atoms with Gasteiger partial charge in [-0.05, 0) is 72.2 Å². The summed E-state index contributed by atoms with van der Waals surface area (Å²) >= 11 is 0. The van der Waals surface area contributed by atoms with E-state index in [1.807, 2.05) is 24.3 Å². The minimum atomic E-state index is -1.16. The molecule has 0 radical (unpaired) electrons. The van der Waals surface area contributed by atoms with E-state index in [4.69, 9.17) is 0 Å². The second kappa shape index (κ2) is 16.3. The Morgan fingerprint density at radius 1 is 0.644 bits per heavy atom. The highest BCUT2D eigenvalue weighted by atomic mass is 79.9. The topological polar surface area (TPSA) is 83.8 Å². The van der Waals surface area contributed by atoms with Gasteiger partial charge < -0.3 is 51.0 Å². The van der Waals surface area contributed by atoms with Gasteiger partial charge in [0, 0.05) is 14.1 Å². The first-order valence-electron chi connectivity index (χ1n) is 15.9. The highest BCUT2D eigenvalue weighted by molar-refractivity contribution is 5.88. The third-order valence-electron chi connectivity index (χ3n) is 9.27. The summed E-state index contributed by atoms with van der Waals surface area (Å²) in [4.78, 5) is 10.5. The number of aromatic hydroxyl groups is 2. The summed E-state index contributed by atoms with van der Waals surface area (Å²) in [6.07, 6.45) is 6.79. The van der Waals surface area contributed by atoms with Crippen LogP contribution in [0.3, 0.4) is 0 Å². The molecule has 2 N–H and O–H groups in total. The molecule has 4 aromatic carbocycles. The lowest BCUT2D eigenvalue weighted by molar-refractivity contribution is -0.926. The molecule has 0 bridgehead atoms. The number of carbonyl (C=O) groups excluding carboxylic acids is 1. The van der Waals surface area contributed by atoms with Crippen molar-refractivity contribution in [3.8, 4) is 11.5 Å². The van der Waals surface area contributed by atoms with E-state index in [9.17, 15) is 20.1 Å². The Kier molecular flexibility index (Phi) is 13.1. The van der Waals surface area contributed by atoms with Crippen molar-refractivity contribution in [2.24, 2.45) is 0 Å². The maximum Gasteiger partial charge on any atom is 0.136 e. The third-order valence-corrected chi connectivity index (χ3v) is 9.27. The summed E-state index contributed by atoms with van der Waals surface area (Å²) in [7, 11) is 7.46. The number of carbonyl (C=O) groups is 1. The van der Waals surface area contributed by atoms with E-state index in [1.165, 1.54) is 100 Å². The Labute approximate surface area is 279 Å². The van der Waals surface area contributed by atoms with Crippen molar-refractivity contribution in [3.05, 3.63) is 83.9 Å². The van der Waals surface area contributed by atoms with Crippen molar-refractivity contribution in [1.29, 1.82) is 0 Å². The van der Waals surface area contributed by atoms with Gasteiger partial charge in [-0.25, -0.2) is 0 Å². The molecule has 6 rings (SSSR count). The van der Waals surface area contributed by atoms with Crippen molar-refractivity contribution >= 4 is 27.6 Å². The molecule has 2 heterocycles. The normalized spacial score (nSPS) is 16.7. The van der Waals surface area contributed by atoms with E-state index in [1.54, 1.807) is 0 Å². The molecular formula is C37H50BrN3O4. The predicted octanol–water partition coefficient (Wildman–Crippen LogP) is 3.25. The largest absolute Gasteiger partial charge is 1.00 e. The first-order valence-corrected chi connectivity index (χ1v) is 15.9. The molecule has 2 saturated heterocycles. The summed E-state index contributed by atoms with van der Waals surface area (Å²) in [6, 6.07) is 24.4. The highest BCUT2D eigenvalue weighted by Crippen LogP contribution is 2.32. The fourth-order valence-corrected chi connectivity index (χ4v) is 6.61. The van der Waals surface area contributed by atoms with Gasteiger partial charge in [0.25, 0.3) is 0 Å². The molecule has 45 heavy (non-hydrogen) atoms. The van der Waals surface area contributed by atoms with Crippen LogP contribution in [-0.4, -0.2) is 84.5 Å². The second-order valence-electron chi connectivity index (χ2n) is 13.3. The number of fused-ring (bicyclic) bond motifs is 2.